The predicted octanol–water partition coefficient (Wildman–Crippen LogP) is 3.53. The minimum atomic E-state index is -1.86. The van der Waals surface area contributed by atoms with Crippen LogP contribution in [0.4, 0.5) is 0 Å². The number of ether oxygens (including phenoxy) is 1. The minimum Gasteiger partial charge on any atom is -0.489 e. The number of carboxylic acids is 2. The molecule has 3 aromatic rings. The van der Waals surface area contributed by atoms with Gasteiger partial charge in [0.05, 0.1) is 5.52 Å². The third-order valence-electron chi connectivity index (χ3n) is 4.48. The molecule has 27 heavy (non-hydrogen) atoms. The predicted molar refractivity (Wildman–Crippen MR) is 99.6 cm³/mol. The van der Waals surface area contributed by atoms with Crippen molar-refractivity contribution in [1.29, 1.82) is 0 Å². The van der Waals surface area contributed by atoms with Crippen molar-refractivity contribution in [2.24, 2.45) is 5.41 Å². The first-order chi connectivity index (χ1) is 12.9. The van der Waals surface area contributed by atoms with Crippen LogP contribution in [0.1, 0.15) is 18.1 Å². The fourth-order valence-electron chi connectivity index (χ4n) is 2.72. The van der Waals surface area contributed by atoms with Crippen LogP contribution in [0.25, 0.3) is 10.9 Å². The Labute approximate surface area is 156 Å². The molecule has 0 spiro atoms. The number of aromatic nitrogens is 1. The van der Waals surface area contributed by atoms with Gasteiger partial charge in [0.15, 0.2) is 5.41 Å². The molecule has 0 saturated heterocycles. The maximum atomic E-state index is 11.3. The number of fused-ring (bicyclic) bond motifs is 1. The molecule has 0 aliphatic heterocycles. The van der Waals surface area contributed by atoms with Crippen molar-refractivity contribution >= 4 is 22.8 Å². The van der Waals surface area contributed by atoms with Gasteiger partial charge in [-0.05, 0) is 43.2 Å². The van der Waals surface area contributed by atoms with E-state index in [0.717, 1.165) is 16.5 Å². The average molecular weight is 365 g/mol. The van der Waals surface area contributed by atoms with E-state index in [0.29, 0.717) is 17.9 Å². The van der Waals surface area contributed by atoms with Crippen LogP contribution in [-0.4, -0.2) is 27.1 Å². The van der Waals surface area contributed by atoms with E-state index in [1.165, 1.54) is 6.92 Å². The molecule has 0 atom stereocenters. The van der Waals surface area contributed by atoms with E-state index in [2.05, 4.69) is 4.98 Å². The molecule has 0 radical (unpaired) electrons. The smallest absolute Gasteiger partial charge is 0.321 e. The third kappa shape index (κ3) is 4.06. The molecule has 2 aromatic carbocycles. The molecule has 1 aromatic heterocycles. The summed E-state index contributed by atoms with van der Waals surface area (Å²) >= 11 is 0. The van der Waals surface area contributed by atoms with Gasteiger partial charge in [-0.3, -0.25) is 14.6 Å². The summed E-state index contributed by atoms with van der Waals surface area (Å²) < 4.78 is 5.75. The van der Waals surface area contributed by atoms with E-state index < -0.39 is 17.4 Å². The Balaban J connectivity index is 1.66. The van der Waals surface area contributed by atoms with Crippen molar-refractivity contribution in [2.45, 2.75) is 20.0 Å². The van der Waals surface area contributed by atoms with E-state index in [9.17, 15) is 19.8 Å². The lowest BCUT2D eigenvalue weighted by Gasteiger charge is -2.19. The second-order valence-corrected chi connectivity index (χ2v) is 6.59. The van der Waals surface area contributed by atoms with Crippen molar-refractivity contribution in [1.82, 2.24) is 4.98 Å². The number of hydrogen-bond acceptors (Lipinski definition) is 4. The molecule has 0 aliphatic carbocycles. The Kier molecular flexibility index (Phi) is 5.07. The van der Waals surface area contributed by atoms with Crippen LogP contribution in [0.2, 0.25) is 0 Å². The Morgan fingerprint density at radius 3 is 2.33 bits per heavy atom. The highest BCUT2D eigenvalue weighted by molar-refractivity contribution is 5.98. The van der Waals surface area contributed by atoms with Crippen LogP contribution in [0.15, 0.2) is 60.8 Å². The Morgan fingerprint density at radius 1 is 1.00 bits per heavy atom. The van der Waals surface area contributed by atoms with E-state index >= 15 is 0 Å². The zero-order valence-corrected chi connectivity index (χ0v) is 14.8. The summed E-state index contributed by atoms with van der Waals surface area (Å²) in [5.74, 6) is -2.11. The van der Waals surface area contributed by atoms with E-state index in [1.54, 1.807) is 30.5 Å². The van der Waals surface area contributed by atoms with Gasteiger partial charge in [-0.15, -0.1) is 0 Å². The SMILES string of the molecule is CC(Cc1ccc(OCc2cnc3ccccc3c2)cc1)(C(=O)O)C(=O)O. The summed E-state index contributed by atoms with van der Waals surface area (Å²) in [7, 11) is 0. The molecule has 0 aliphatic rings. The van der Waals surface area contributed by atoms with Crippen LogP contribution in [-0.2, 0) is 22.6 Å². The fraction of sp³-hybridized carbons (Fsp3) is 0.190. The second-order valence-electron chi connectivity index (χ2n) is 6.59. The molecule has 0 saturated carbocycles. The number of rotatable bonds is 7. The topological polar surface area (TPSA) is 96.7 Å². The molecular weight excluding hydrogens is 346 g/mol. The quantitative estimate of drug-likeness (QED) is 0.622. The maximum absolute atomic E-state index is 11.3. The number of para-hydroxylation sites is 1. The molecule has 0 unspecified atom stereocenters. The highest BCUT2D eigenvalue weighted by Crippen LogP contribution is 2.25. The summed E-state index contributed by atoms with van der Waals surface area (Å²) in [5, 5.41) is 19.4. The molecule has 6 nitrogen and oxygen atoms in total. The highest BCUT2D eigenvalue weighted by Gasteiger charge is 2.41. The van der Waals surface area contributed by atoms with Gasteiger partial charge in [-0.2, -0.15) is 0 Å². The van der Waals surface area contributed by atoms with Gasteiger partial charge in [0.1, 0.15) is 12.4 Å². The average Bonchev–Trinajstić information content (AvgIpc) is 2.67. The number of benzene rings is 2. The number of carbonyl (C=O) groups is 2. The van der Waals surface area contributed by atoms with Crippen LogP contribution < -0.4 is 4.74 Å². The van der Waals surface area contributed by atoms with Crippen LogP contribution in [0, 0.1) is 5.41 Å². The number of aliphatic carboxylic acids is 2. The minimum absolute atomic E-state index is 0.105. The fourth-order valence-corrected chi connectivity index (χ4v) is 2.72. The lowest BCUT2D eigenvalue weighted by molar-refractivity contribution is -0.163. The maximum Gasteiger partial charge on any atom is 0.321 e. The molecule has 1 heterocycles. The molecular formula is C21H19NO5. The van der Waals surface area contributed by atoms with E-state index in [-0.39, 0.29) is 6.42 Å². The molecule has 2 N–H and O–H groups in total. The Bertz CT molecular complexity index is 967. The van der Waals surface area contributed by atoms with Crippen molar-refractivity contribution in [3.05, 3.63) is 71.9 Å². The molecule has 138 valence electrons. The Hall–Kier alpha value is -3.41. The summed E-state index contributed by atoms with van der Waals surface area (Å²) in [6.07, 6.45) is 1.66. The highest BCUT2D eigenvalue weighted by atomic mass is 16.5. The Morgan fingerprint density at radius 2 is 1.67 bits per heavy atom. The first-order valence-electron chi connectivity index (χ1n) is 8.41. The van der Waals surface area contributed by atoms with Gasteiger partial charge in [0.2, 0.25) is 0 Å². The number of nitrogens with zero attached hydrogens (tertiary/aromatic N) is 1. The zero-order valence-electron chi connectivity index (χ0n) is 14.8. The van der Waals surface area contributed by atoms with Gasteiger partial charge in [-0.25, -0.2) is 0 Å². The monoisotopic (exact) mass is 365 g/mol. The molecule has 6 heteroatoms. The summed E-state index contributed by atoms with van der Waals surface area (Å²) in [6.45, 7) is 1.55. The summed E-state index contributed by atoms with van der Waals surface area (Å²) in [5.41, 5.74) is 0.605. The number of hydrogen-bond donors (Lipinski definition) is 2. The van der Waals surface area contributed by atoms with E-state index in [4.69, 9.17) is 4.74 Å². The van der Waals surface area contributed by atoms with Gasteiger partial charge in [0, 0.05) is 17.1 Å². The summed E-state index contributed by atoms with van der Waals surface area (Å²) in [6, 6.07) is 16.6. The largest absolute Gasteiger partial charge is 0.489 e. The van der Waals surface area contributed by atoms with Crippen molar-refractivity contribution in [3.8, 4) is 5.75 Å². The molecule has 0 bridgehead atoms. The van der Waals surface area contributed by atoms with E-state index in [1.807, 2.05) is 30.3 Å². The number of pyridine rings is 1. The molecule has 0 amide bonds. The third-order valence-corrected chi connectivity index (χ3v) is 4.48. The van der Waals surface area contributed by atoms with Crippen molar-refractivity contribution < 1.29 is 24.5 Å². The first-order valence-corrected chi connectivity index (χ1v) is 8.41. The van der Waals surface area contributed by atoms with Gasteiger partial charge >= 0.3 is 11.9 Å². The van der Waals surface area contributed by atoms with Crippen molar-refractivity contribution in [2.75, 3.05) is 0 Å². The van der Waals surface area contributed by atoms with Gasteiger partial charge < -0.3 is 14.9 Å². The van der Waals surface area contributed by atoms with Crippen LogP contribution in [0.3, 0.4) is 0 Å². The van der Waals surface area contributed by atoms with Crippen LogP contribution in [0.5, 0.6) is 5.75 Å². The van der Waals surface area contributed by atoms with Crippen LogP contribution >= 0.6 is 0 Å². The van der Waals surface area contributed by atoms with Gasteiger partial charge in [-0.1, -0.05) is 30.3 Å². The normalized spacial score (nSPS) is 11.3. The lowest BCUT2D eigenvalue weighted by Crippen LogP contribution is -2.38. The first kappa shape index (κ1) is 18.4. The van der Waals surface area contributed by atoms with Crippen molar-refractivity contribution in [3.63, 3.8) is 0 Å². The molecule has 0 fully saturated rings. The lowest BCUT2D eigenvalue weighted by atomic mass is 9.84. The zero-order chi connectivity index (χ0) is 19.4. The standard InChI is InChI=1S/C21H19NO5/c1-21(19(23)24,20(25)26)11-14-6-8-17(9-7-14)27-13-15-10-16-4-2-3-5-18(16)22-12-15/h2-10,12H,11,13H2,1H3,(H,23,24)(H,25,26). The second kappa shape index (κ2) is 7.45. The number of carboxylic acid groups (broad SMARTS) is 2. The molecule has 3 rings (SSSR count). The summed E-state index contributed by atoms with van der Waals surface area (Å²) in [4.78, 5) is 26.9. The van der Waals surface area contributed by atoms with Gasteiger partial charge in [0.25, 0.3) is 0 Å².